The summed E-state index contributed by atoms with van der Waals surface area (Å²) in [5.74, 6) is 0. The molecule has 0 aromatic heterocycles. The number of rotatable bonds is 6. The van der Waals surface area contributed by atoms with Gasteiger partial charge in [-0.15, -0.1) is 0 Å². The Balaban J connectivity index is 3.73. The van der Waals surface area contributed by atoms with Crippen molar-refractivity contribution in [1.29, 1.82) is 0 Å². The van der Waals surface area contributed by atoms with Crippen LogP contribution in [-0.4, -0.2) is 40.4 Å². The molecule has 74 valence electrons. The van der Waals surface area contributed by atoms with Crippen LogP contribution >= 0.6 is 7.37 Å². The van der Waals surface area contributed by atoms with Gasteiger partial charge in [0.25, 0.3) is 0 Å². The molecule has 0 heterocycles. The third-order valence-electron chi connectivity index (χ3n) is 1.68. The van der Waals surface area contributed by atoms with Crippen molar-refractivity contribution in [2.45, 2.75) is 12.7 Å². The van der Waals surface area contributed by atoms with Crippen LogP contribution < -0.4 is 0 Å². The molecule has 0 bridgehead atoms. The first-order valence-electron chi connectivity index (χ1n) is 3.73. The molecule has 0 radical (unpaired) electrons. The molecular formula is C7H17O4P. The summed E-state index contributed by atoms with van der Waals surface area (Å²) in [4.78, 5) is 0. The zero-order valence-electron chi connectivity index (χ0n) is 8.07. The Morgan fingerprint density at radius 3 is 2.08 bits per heavy atom. The lowest BCUT2D eigenvalue weighted by molar-refractivity contribution is -0.102. The van der Waals surface area contributed by atoms with Crippen LogP contribution in [0.5, 0.6) is 0 Å². The summed E-state index contributed by atoms with van der Waals surface area (Å²) < 4.78 is 26.1. The average molecular weight is 196 g/mol. The van der Waals surface area contributed by atoms with Crippen LogP contribution in [0.25, 0.3) is 0 Å². The molecule has 0 aliphatic heterocycles. The molecule has 0 saturated carbocycles. The minimum absolute atomic E-state index is 0.284. The Kier molecular flexibility index (Phi) is 5.76. The van der Waals surface area contributed by atoms with Gasteiger partial charge in [-0.25, -0.2) is 0 Å². The summed E-state index contributed by atoms with van der Waals surface area (Å²) in [7, 11) is 2.15. The van der Waals surface area contributed by atoms with Gasteiger partial charge >= 0.3 is 0 Å². The van der Waals surface area contributed by atoms with Gasteiger partial charge in [-0.3, -0.25) is 4.57 Å². The highest BCUT2D eigenvalue weighted by Gasteiger charge is 2.16. The van der Waals surface area contributed by atoms with Gasteiger partial charge < -0.3 is 14.0 Å². The third kappa shape index (κ3) is 4.88. The second-order valence-corrected chi connectivity index (χ2v) is 5.45. The van der Waals surface area contributed by atoms with Crippen LogP contribution in [0.3, 0.4) is 0 Å². The van der Waals surface area contributed by atoms with Gasteiger partial charge in [0.2, 0.25) is 0 Å². The van der Waals surface area contributed by atoms with E-state index in [1.54, 1.807) is 20.9 Å². The van der Waals surface area contributed by atoms with E-state index in [9.17, 15) is 4.57 Å². The molecule has 0 fully saturated rings. The van der Waals surface area contributed by atoms with Crippen LogP contribution in [0.15, 0.2) is 0 Å². The molecule has 0 rings (SSSR count). The maximum Gasteiger partial charge on any atom is 0.200 e. The minimum Gasteiger partial charge on any atom is -0.356 e. The predicted molar refractivity (Wildman–Crippen MR) is 47.8 cm³/mol. The Labute approximate surface area is 73.6 Å². The van der Waals surface area contributed by atoms with E-state index in [-0.39, 0.29) is 6.29 Å². The van der Waals surface area contributed by atoms with E-state index < -0.39 is 7.37 Å². The first kappa shape index (κ1) is 12.1. The van der Waals surface area contributed by atoms with Crippen LogP contribution in [0, 0.1) is 0 Å². The van der Waals surface area contributed by atoms with Crippen molar-refractivity contribution in [2.75, 3.05) is 34.2 Å². The number of hydrogen-bond acceptors (Lipinski definition) is 4. The van der Waals surface area contributed by atoms with Crippen molar-refractivity contribution in [2.24, 2.45) is 0 Å². The van der Waals surface area contributed by atoms with E-state index in [1.807, 2.05) is 0 Å². The average Bonchev–Trinajstić information content (AvgIpc) is 2.06. The monoisotopic (exact) mass is 196 g/mol. The van der Waals surface area contributed by atoms with Gasteiger partial charge in [-0.05, 0) is 0 Å². The number of hydrogen-bond donors (Lipinski definition) is 0. The van der Waals surface area contributed by atoms with Crippen molar-refractivity contribution >= 4 is 7.37 Å². The van der Waals surface area contributed by atoms with Gasteiger partial charge in [0.05, 0.1) is 0 Å². The Bertz CT molecular complexity index is 155. The van der Waals surface area contributed by atoms with E-state index in [0.717, 1.165) is 0 Å². The summed E-state index contributed by atoms with van der Waals surface area (Å²) >= 11 is 0. The molecule has 0 aliphatic carbocycles. The van der Waals surface area contributed by atoms with Crippen molar-refractivity contribution in [3.63, 3.8) is 0 Å². The summed E-state index contributed by atoms with van der Waals surface area (Å²) in [5.41, 5.74) is 0. The maximum atomic E-state index is 11.4. The molecule has 0 amide bonds. The SMILES string of the molecule is COC(CCP(C)(=O)OC)OC. The standard InChI is InChI=1S/C7H17O4P/c1-9-7(10-2)5-6-12(4,8)11-3/h7H,5-6H2,1-4H3. The van der Waals surface area contributed by atoms with Crippen LogP contribution in [-0.2, 0) is 18.6 Å². The van der Waals surface area contributed by atoms with Crippen molar-refractivity contribution in [3.8, 4) is 0 Å². The normalized spacial score (nSPS) is 16.4. The second kappa shape index (κ2) is 5.70. The maximum absolute atomic E-state index is 11.4. The molecule has 0 aromatic rings. The van der Waals surface area contributed by atoms with Crippen LogP contribution in [0.1, 0.15) is 6.42 Å². The zero-order valence-corrected chi connectivity index (χ0v) is 8.97. The topological polar surface area (TPSA) is 44.8 Å². The first-order chi connectivity index (χ1) is 5.55. The zero-order chi connectivity index (χ0) is 9.61. The highest BCUT2D eigenvalue weighted by atomic mass is 31.2. The fraction of sp³-hybridized carbons (Fsp3) is 1.00. The van der Waals surface area contributed by atoms with Gasteiger partial charge in [-0.1, -0.05) is 0 Å². The van der Waals surface area contributed by atoms with Crippen molar-refractivity contribution in [1.82, 2.24) is 0 Å². The molecule has 1 unspecified atom stereocenters. The summed E-state index contributed by atoms with van der Waals surface area (Å²) in [5, 5.41) is 0. The number of methoxy groups -OCH3 is 2. The first-order valence-corrected chi connectivity index (χ1v) is 5.99. The lowest BCUT2D eigenvalue weighted by Crippen LogP contribution is -2.14. The van der Waals surface area contributed by atoms with E-state index in [2.05, 4.69) is 0 Å². The fourth-order valence-electron chi connectivity index (χ4n) is 0.763. The minimum atomic E-state index is -2.41. The molecule has 12 heavy (non-hydrogen) atoms. The highest BCUT2D eigenvalue weighted by Crippen LogP contribution is 2.42. The van der Waals surface area contributed by atoms with Gasteiger partial charge in [-0.2, -0.15) is 0 Å². The quantitative estimate of drug-likeness (QED) is 0.477. The molecule has 0 N–H and O–H groups in total. The summed E-state index contributed by atoms with van der Waals surface area (Å²) in [6.45, 7) is 1.61. The highest BCUT2D eigenvalue weighted by molar-refractivity contribution is 7.58. The van der Waals surface area contributed by atoms with E-state index >= 15 is 0 Å². The molecular weight excluding hydrogens is 179 g/mol. The Morgan fingerprint density at radius 1 is 1.25 bits per heavy atom. The van der Waals surface area contributed by atoms with E-state index in [0.29, 0.717) is 12.6 Å². The molecule has 0 aliphatic rings. The second-order valence-electron chi connectivity index (χ2n) is 2.61. The molecule has 0 aromatic carbocycles. The van der Waals surface area contributed by atoms with Crippen LogP contribution in [0.2, 0.25) is 0 Å². The summed E-state index contributed by atoms with van der Waals surface area (Å²) in [6.07, 6.45) is 0.790. The smallest absolute Gasteiger partial charge is 0.200 e. The van der Waals surface area contributed by atoms with Gasteiger partial charge in [0, 0.05) is 40.6 Å². The fourth-order valence-corrected chi connectivity index (χ4v) is 1.63. The molecule has 4 nitrogen and oxygen atoms in total. The molecule has 0 saturated heterocycles. The van der Waals surface area contributed by atoms with E-state index in [4.69, 9.17) is 14.0 Å². The van der Waals surface area contributed by atoms with Crippen molar-refractivity contribution in [3.05, 3.63) is 0 Å². The van der Waals surface area contributed by atoms with Crippen LogP contribution in [0.4, 0.5) is 0 Å². The number of ether oxygens (including phenoxy) is 2. The Hall–Kier alpha value is 0.110. The molecule has 1 atom stereocenters. The Morgan fingerprint density at radius 2 is 1.75 bits per heavy atom. The van der Waals surface area contributed by atoms with Crippen molar-refractivity contribution < 1.29 is 18.6 Å². The predicted octanol–water partition coefficient (Wildman–Crippen LogP) is 1.55. The third-order valence-corrected chi connectivity index (χ3v) is 3.53. The lowest BCUT2D eigenvalue weighted by atomic mass is 10.5. The lowest BCUT2D eigenvalue weighted by Gasteiger charge is -2.15. The largest absolute Gasteiger partial charge is 0.356 e. The molecule has 5 heteroatoms. The summed E-state index contributed by atoms with van der Waals surface area (Å²) in [6, 6.07) is 0. The van der Waals surface area contributed by atoms with Gasteiger partial charge in [0.1, 0.15) is 0 Å². The van der Waals surface area contributed by atoms with Gasteiger partial charge in [0.15, 0.2) is 13.7 Å². The van der Waals surface area contributed by atoms with E-state index in [1.165, 1.54) is 7.11 Å². The molecule has 0 spiro atoms.